The largest absolute Gasteiger partial charge is 0.364 e. The van der Waals surface area contributed by atoms with Gasteiger partial charge in [0, 0.05) is 18.8 Å². The van der Waals surface area contributed by atoms with Crippen molar-refractivity contribution < 1.29 is 9.53 Å². The first kappa shape index (κ1) is 16.0. The van der Waals surface area contributed by atoms with Crippen molar-refractivity contribution in [3.63, 3.8) is 0 Å². The van der Waals surface area contributed by atoms with E-state index in [2.05, 4.69) is 20.2 Å². The first-order valence-corrected chi connectivity index (χ1v) is 9.14. The molecule has 2 aliphatic heterocycles. The number of rotatable bonds is 4. The predicted molar refractivity (Wildman–Crippen MR) is 89.2 cm³/mol. The number of aromatic nitrogens is 2. The molecule has 1 aliphatic carbocycles. The molecule has 1 amide bonds. The molecule has 4 rings (SSSR count). The van der Waals surface area contributed by atoms with Gasteiger partial charge in [-0.05, 0) is 45.1 Å². The zero-order chi connectivity index (χ0) is 16.5. The number of piperidine rings is 1. The fraction of sp³-hybridized carbons (Fsp3) is 0.722. The number of nitrogens with zero attached hydrogens (tertiary/aromatic N) is 3. The highest BCUT2D eigenvalue weighted by Gasteiger charge is 2.43. The summed E-state index contributed by atoms with van der Waals surface area (Å²) >= 11 is 0. The van der Waals surface area contributed by atoms with Gasteiger partial charge in [0.25, 0.3) is 0 Å². The van der Waals surface area contributed by atoms with E-state index >= 15 is 0 Å². The fourth-order valence-electron chi connectivity index (χ4n) is 4.01. The summed E-state index contributed by atoms with van der Waals surface area (Å²) in [4.78, 5) is 23.5. The molecule has 1 saturated carbocycles. The number of aryl methyl sites for hydroxylation is 1. The lowest BCUT2D eigenvalue weighted by Crippen LogP contribution is -2.49. The minimum Gasteiger partial charge on any atom is -0.364 e. The molecule has 0 aromatic carbocycles. The number of likely N-dealkylation sites (tertiary alicyclic amines) is 1. The summed E-state index contributed by atoms with van der Waals surface area (Å²) in [6.45, 7) is 4.48. The molecule has 6 heteroatoms. The normalized spacial score (nSPS) is 30.6. The molecule has 0 bridgehead atoms. The molecule has 3 fully saturated rings. The lowest BCUT2D eigenvalue weighted by molar-refractivity contribution is -0.133. The van der Waals surface area contributed by atoms with Crippen LogP contribution in [-0.2, 0) is 16.1 Å². The standard InChI is InChI=1S/C18H26N4O2/c1-12-8-20-14(9-19-12)10-21-18(23)16-7-13-5-6-22(11-17(13)24-16)15-3-2-4-15/h8-9,13,15-17H,2-7,10-11H2,1H3,(H,21,23)/t13-,16+,17+/m0/s1. The van der Waals surface area contributed by atoms with Gasteiger partial charge >= 0.3 is 0 Å². The molecule has 0 spiro atoms. The number of carbonyl (C=O) groups excluding carboxylic acids is 1. The third-order valence-corrected chi connectivity index (χ3v) is 5.74. The Balaban J connectivity index is 1.28. The predicted octanol–water partition coefficient (Wildman–Crippen LogP) is 1.43. The van der Waals surface area contributed by atoms with Crippen LogP contribution in [0.4, 0.5) is 0 Å². The molecule has 2 saturated heterocycles. The van der Waals surface area contributed by atoms with Crippen LogP contribution in [0.1, 0.15) is 43.5 Å². The molecule has 3 aliphatic rings. The van der Waals surface area contributed by atoms with E-state index in [0.29, 0.717) is 12.5 Å². The van der Waals surface area contributed by atoms with Crippen LogP contribution in [-0.4, -0.2) is 52.1 Å². The Kier molecular flexibility index (Phi) is 4.50. The summed E-state index contributed by atoms with van der Waals surface area (Å²) in [6, 6.07) is 0.766. The molecule has 0 unspecified atom stereocenters. The quantitative estimate of drug-likeness (QED) is 0.905. The maximum Gasteiger partial charge on any atom is 0.249 e. The third-order valence-electron chi connectivity index (χ3n) is 5.74. The molecule has 3 heterocycles. The zero-order valence-electron chi connectivity index (χ0n) is 14.3. The van der Waals surface area contributed by atoms with Crippen LogP contribution in [0.3, 0.4) is 0 Å². The fourth-order valence-corrected chi connectivity index (χ4v) is 4.01. The SMILES string of the molecule is Cc1cnc(CNC(=O)[C@H]2C[C@@H]3CCN(C4CCC4)C[C@H]3O2)cn1. The van der Waals surface area contributed by atoms with Crippen LogP contribution in [0.2, 0.25) is 0 Å². The number of amides is 1. The van der Waals surface area contributed by atoms with Gasteiger partial charge in [0.1, 0.15) is 6.10 Å². The number of fused-ring (bicyclic) bond motifs is 1. The Hall–Kier alpha value is -1.53. The van der Waals surface area contributed by atoms with Gasteiger partial charge in [-0.3, -0.25) is 19.7 Å². The maximum absolute atomic E-state index is 12.4. The Bertz CT molecular complexity index is 587. The van der Waals surface area contributed by atoms with Crippen LogP contribution in [0.5, 0.6) is 0 Å². The lowest BCUT2D eigenvalue weighted by atomic mass is 9.86. The average Bonchev–Trinajstić information content (AvgIpc) is 2.96. The number of hydrogen-bond acceptors (Lipinski definition) is 5. The number of hydrogen-bond donors (Lipinski definition) is 1. The van der Waals surface area contributed by atoms with Crippen molar-refractivity contribution in [1.29, 1.82) is 0 Å². The maximum atomic E-state index is 12.4. The highest BCUT2D eigenvalue weighted by molar-refractivity contribution is 5.81. The van der Waals surface area contributed by atoms with E-state index in [1.54, 1.807) is 12.4 Å². The van der Waals surface area contributed by atoms with E-state index in [-0.39, 0.29) is 18.1 Å². The number of ether oxygens (including phenoxy) is 1. The van der Waals surface area contributed by atoms with E-state index in [9.17, 15) is 4.79 Å². The summed E-state index contributed by atoms with van der Waals surface area (Å²) in [5, 5.41) is 2.95. The highest BCUT2D eigenvalue weighted by Crippen LogP contribution is 2.36. The summed E-state index contributed by atoms with van der Waals surface area (Å²) in [7, 11) is 0. The van der Waals surface area contributed by atoms with Crippen LogP contribution in [0.25, 0.3) is 0 Å². The summed E-state index contributed by atoms with van der Waals surface area (Å²) in [5.41, 5.74) is 1.66. The van der Waals surface area contributed by atoms with Crippen LogP contribution in [0.15, 0.2) is 12.4 Å². The first-order chi connectivity index (χ1) is 11.7. The molecule has 1 aromatic heterocycles. The highest BCUT2D eigenvalue weighted by atomic mass is 16.5. The summed E-state index contributed by atoms with van der Waals surface area (Å²) in [6.07, 6.45) is 9.40. The second kappa shape index (κ2) is 6.76. The van der Waals surface area contributed by atoms with Gasteiger partial charge in [0.05, 0.1) is 30.2 Å². The Morgan fingerprint density at radius 1 is 1.33 bits per heavy atom. The smallest absolute Gasteiger partial charge is 0.249 e. The average molecular weight is 330 g/mol. The van der Waals surface area contributed by atoms with Crippen molar-refractivity contribution in [2.24, 2.45) is 5.92 Å². The second-order valence-corrected chi connectivity index (χ2v) is 7.39. The molecule has 130 valence electrons. The van der Waals surface area contributed by atoms with Gasteiger partial charge < -0.3 is 10.1 Å². The number of nitrogens with one attached hydrogen (secondary N) is 1. The van der Waals surface area contributed by atoms with Crippen LogP contribution >= 0.6 is 0 Å². The van der Waals surface area contributed by atoms with Crippen molar-refractivity contribution in [2.45, 2.75) is 63.8 Å². The van der Waals surface area contributed by atoms with Gasteiger partial charge in [-0.25, -0.2) is 0 Å². The first-order valence-electron chi connectivity index (χ1n) is 9.14. The second-order valence-electron chi connectivity index (χ2n) is 7.39. The van der Waals surface area contributed by atoms with E-state index < -0.39 is 0 Å². The van der Waals surface area contributed by atoms with Gasteiger partial charge in [0.15, 0.2) is 0 Å². The molecule has 24 heavy (non-hydrogen) atoms. The van der Waals surface area contributed by atoms with E-state index in [1.165, 1.54) is 25.8 Å². The Morgan fingerprint density at radius 2 is 2.21 bits per heavy atom. The van der Waals surface area contributed by atoms with Crippen LogP contribution in [0, 0.1) is 12.8 Å². The topological polar surface area (TPSA) is 67.4 Å². The van der Waals surface area contributed by atoms with E-state index in [4.69, 9.17) is 4.74 Å². The minimum absolute atomic E-state index is 0.0121. The Labute approximate surface area is 143 Å². The van der Waals surface area contributed by atoms with Crippen molar-refractivity contribution >= 4 is 5.91 Å². The monoisotopic (exact) mass is 330 g/mol. The molecule has 3 atom stereocenters. The summed E-state index contributed by atoms with van der Waals surface area (Å²) in [5.74, 6) is 0.526. The molecule has 6 nitrogen and oxygen atoms in total. The van der Waals surface area contributed by atoms with Gasteiger partial charge in [0.2, 0.25) is 5.91 Å². The molecule has 1 aromatic rings. The molecular weight excluding hydrogens is 304 g/mol. The minimum atomic E-state index is -0.306. The van der Waals surface area contributed by atoms with Gasteiger partial charge in [-0.2, -0.15) is 0 Å². The third kappa shape index (κ3) is 3.30. The lowest BCUT2D eigenvalue weighted by Gasteiger charge is -2.43. The van der Waals surface area contributed by atoms with Gasteiger partial charge in [-0.1, -0.05) is 6.42 Å². The van der Waals surface area contributed by atoms with Gasteiger partial charge in [-0.15, -0.1) is 0 Å². The molecule has 1 N–H and O–H groups in total. The van der Waals surface area contributed by atoms with Crippen molar-refractivity contribution in [3.05, 3.63) is 23.8 Å². The summed E-state index contributed by atoms with van der Waals surface area (Å²) < 4.78 is 6.09. The van der Waals surface area contributed by atoms with E-state index in [1.807, 2.05) is 6.92 Å². The molecule has 0 radical (unpaired) electrons. The molecular formula is C18H26N4O2. The number of carbonyl (C=O) groups is 1. The van der Waals surface area contributed by atoms with Crippen molar-refractivity contribution in [2.75, 3.05) is 13.1 Å². The van der Waals surface area contributed by atoms with Crippen molar-refractivity contribution in [3.8, 4) is 0 Å². The van der Waals surface area contributed by atoms with E-state index in [0.717, 1.165) is 36.8 Å². The zero-order valence-corrected chi connectivity index (χ0v) is 14.3. The van der Waals surface area contributed by atoms with Crippen LogP contribution < -0.4 is 5.32 Å². The Morgan fingerprint density at radius 3 is 2.92 bits per heavy atom. The van der Waals surface area contributed by atoms with Crippen molar-refractivity contribution in [1.82, 2.24) is 20.2 Å².